The lowest BCUT2D eigenvalue weighted by atomic mass is 10.00. The van der Waals surface area contributed by atoms with Crippen molar-refractivity contribution in [3.63, 3.8) is 0 Å². The van der Waals surface area contributed by atoms with Gasteiger partial charge in [0.15, 0.2) is 0 Å². The quantitative estimate of drug-likeness (QED) is 0.704. The van der Waals surface area contributed by atoms with E-state index in [-0.39, 0.29) is 10.6 Å². The van der Waals surface area contributed by atoms with Crippen molar-refractivity contribution in [1.82, 2.24) is 0 Å². The molecule has 1 aromatic rings. The highest BCUT2D eigenvalue weighted by atomic mass is 35.5. The largest absolute Gasteiger partial charge is 0.222 e. The van der Waals surface area contributed by atoms with Crippen LogP contribution in [0.1, 0.15) is 12.5 Å². The number of rotatable bonds is 1. The van der Waals surface area contributed by atoms with E-state index in [1.807, 2.05) is 0 Å². The second-order valence-electron chi connectivity index (χ2n) is 2.74. The Hall–Kier alpha value is -0.780. The molecule has 0 spiro atoms. The summed E-state index contributed by atoms with van der Waals surface area (Å²) in [6.45, 7) is 1.15. The molecule has 0 unspecified atom stereocenters. The number of halogens is 3. The van der Waals surface area contributed by atoms with Crippen molar-refractivity contribution >= 4 is 23.2 Å². The third-order valence-electron chi connectivity index (χ3n) is 1.65. The average molecular weight is 218 g/mol. The van der Waals surface area contributed by atoms with Crippen LogP contribution in [-0.4, -0.2) is 0 Å². The second-order valence-corrected chi connectivity index (χ2v) is 3.58. The highest BCUT2D eigenvalue weighted by Crippen LogP contribution is 2.32. The number of alkyl halides is 1. The molecule has 0 aliphatic carbocycles. The van der Waals surface area contributed by atoms with Gasteiger partial charge < -0.3 is 0 Å². The second kappa shape index (κ2) is 3.53. The first-order valence-corrected chi connectivity index (χ1v) is 4.28. The van der Waals surface area contributed by atoms with E-state index in [0.717, 1.165) is 6.92 Å². The SMILES string of the molecule is C[C@@](F)(C#N)c1ccc(Cl)cc1Cl. The summed E-state index contributed by atoms with van der Waals surface area (Å²) in [5.74, 6) is 0. The predicted octanol–water partition coefficient (Wildman–Crippen LogP) is 3.70. The Morgan fingerprint density at radius 2 is 2.08 bits per heavy atom. The van der Waals surface area contributed by atoms with Gasteiger partial charge in [0.2, 0.25) is 5.67 Å². The predicted molar refractivity (Wildman–Crippen MR) is 50.5 cm³/mol. The van der Waals surface area contributed by atoms with Crippen molar-refractivity contribution in [2.24, 2.45) is 0 Å². The summed E-state index contributed by atoms with van der Waals surface area (Å²) < 4.78 is 13.5. The van der Waals surface area contributed by atoms with Gasteiger partial charge >= 0.3 is 0 Å². The first-order valence-electron chi connectivity index (χ1n) is 3.53. The summed E-state index contributed by atoms with van der Waals surface area (Å²) in [6, 6.07) is 5.84. The average Bonchev–Trinajstić information content (AvgIpc) is 2.03. The van der Waals surface area contributed by atoms with Gasteiger partial charge in [0.05, 0.1) is 0 Å². The molecule has 0 aliphatic rings. The molecule has 13 heavy (non-hydrogen) atoms. The molecule has 0 fully saturated rings. The van der Waals surface area contributed by atoms with Crippen LogP contribution in [0, 0.1) is 11.3 Å². The van der Waals surface area contributed by atoms with Crippen molar-refractivity contribution in [1.29, 1.82) is 5.26 Å². The molecular formula is C9H6Cl2FN. The van der Waals surface area contributed by atoms with Gasteiger partial charge in [-0.25, -0.2) is 4.39 Å². The molecule has 0 amide bonds. The maximum Gasteiger partial charge on any atom is 0.219 e. The third kappa shape index (κ3) is 2.12. The van der Waals surface area contributed by atoms with Gasteiger partial charge in [-0.05, 0) is 19.1 Å². The van der Waals surface area contributed by atoms with Crippen LogP contribution in [0.25, 0.3) is 0 Å². The molecule has 68 valence electrons. The zero-order chi connectivity index (χ0) is 10.1. The van der Waals surface area contributed by atoms with E-state index < -0.39 is 5.67 Å². The Balaban J connectivity index is 3.26. The van der Waals surface area contributed by atoms with Crippen LogP contribution in [0.2, 0.25) is 10.0 Å². The van der Waals surface area contributed by atoms with Crippen molar-refractivity contribution in [2.45, 2.75) is 12.6 Å². The molecule has 1 aromatic carbocycles. The fraction of sp³-hybridized carbons (Fsp3) is 0.222. The first-order chi connectivity index (χ1) is 5.97. The molecule has 0 heterocycles. The van der Waals surface area contributed by atoms with Crippen LogP contribution in [0.15, 0.2) is 18.2 Å². The Morgan fingerprint density at radius 1 is 1.46 bits per heavy atom. The molecule has 1 rings (SSSR count). The lowest BCUT2D eigenvalue weighted by molar-refractivity contribution is 0.274. The first kappa shape index (κ1) is 10.3. The number of nitrogens with zero attached hydrogens (tertiary/aromatic N) is 1. The molecule has 0 N–H and O–H groups in total. The molecule has 0 aromatic heterocycles. The highest BCUT2D eigenvalue weighted by Gasteiger charge is 2.27. The van der Waals surface area contributed by atoms with Crippen molar-refractivity contribution in [2.75, 3.05) is 0 Å². The van der Waals surface area contributed by atoms with Crippen LogP contribution in [-0.2, 0) is 5.67 Å². The molecule has 0 aliphatic heterocycles. The molecule has 0 radical (unpaired) electrons. The van der Waals surface area contributed by atoms with Crippen LogP contribution in [0.4, 0.5) is 4.39 Å². The summed E-state index contributed by atoms with van der Waals surface area (Å²) >= 11 is 11.3. The Bertz CT molecular complexity index is 368. The summed E-state index contributed by atoms with van der Waals surface area (Å²) in [4.78, 5) is 0. The lowest BCUT2D eigenvalue weighted by Crippen LogP contribution is -2.12. The van der Waals surface area contributed by atoms with Gasteiger partial charge in [0.25, 0.3) is 0 Å². The van der Waals surface area contributed by atoms with E-state index in [4.69, 9.17) is 28.5 Å². The van der Waals surface area contributed by atoms with Gasteiger partial charge in [0, 0.05) is 15.6 Å². The smallest absolute Gasteiger partial charge is 0.219 e. The van der Waals surface area contributed by atoms with Crippen LogP contribution >= 0.6 is 23.2 Å². The van der Waals surface area contributed by atoms with Gasteiger partial charge in [-0.1, -0.05) is 29.3 Å². The fourth-order valence-electron chi connectivity index (χ4n) is 0.930. The summed E-state index contributed by atoms with van der Waals surface area (Å²) in [6.07, 6.45) is 0. The Morgan fingerprint density at radius 3 is 2.54 bits per heavy atom. The third-order valence-corrected chi connectivity index (χ3v) is 2.19. The number of nitriles is 1. The van der Waals surface area contributed by atoms with Gasteiger partial charge in [-0.2, -0.15) is 5.26 Å². The standard InChI is InChI=1S/C9H6Cl2FN/c1-9(12,5-13)7-3-2-6(10)4-8(7)11/h2-4H,1H3/t9-/m1/s1. The van der Waals surface area contributed by atoms with Crippen molar-refractivity contribution in [3.05, 3.63) is 33.8 Å². The maximum atomic E-state index is 13.5. The van der Waals surface area contributed by atoms with Crippen LogP contribution in [0.5, 0.6) is 0 Å². The number of hydrogen-bond donors (Lipinski definition) is 0. The van der Waals surface area contributed by atoms with Crippen molar-refractivity contribution in [3.8, 4) is 6.07 Å². The lowest BCUT2D eigenvalue weighted by Gasteiger charge is -2.13. The minimum absolute atomic E-state index is 0.140. The van der Waals surface area contributed by atoms with E-state index >= 15 is 0 Å². The molecule has 1 nitrogen and oxygen atoms in total. The zero-order valence-electron chi connectivity index (χ0n) is 6.81. The van der Waals surface area contributed by atoms with Crippen molar-refractivity contribution < 1.29 is 4.39 Å². The number of hydrogen-bond acceptors (Lipinski definition) is 1. The van der Waals surface area contributed by atoms with E-state index in [2.05, 4.69) is 0 Å². The minimum Gasteiger partial charge on any atom is -0.222 e. The highest BCUT2D eigenvalue weighted by molar-refractivity contribution is 6.35. The van der Waals surface area contributed by atoms with E-state index in [1.54, 1.807) is 0 Å². The normalized spacial score (nSPS) is 14.7. The molecular weight excluding hydrogens is 212 g/mol. The molecule has 0 saturated heterocycles. The number of benzene rings is 1. The molecule has 0 saturated carbocycles. The Labute approximate surface area is 85.7 Å². The monoisotopic (exact) mass is 217 g/mol. The summed E-state index contributed by atoms with van der Waals surface area (Å²) in [5, 5.41) is 9.11. The van der Waals surface area contributed by atoms with Crippen LogP contribution < -0.4 is 0 Å². The molecule has 4 heteroatoms. The minimum atomic E-state index is -2.07. The zero-order valence-corrected chi connectivity index (χ0v) is 8.33. The topological polar surface area (TPSA) is 23.8 Å². The van der Waals surface area contributed by atoms with Gasteiger partial charge in [0.1, 0.15) is 6.07 Å². The van der Waals surface area contributed by atoms with E-state index in [0.29, 0.717) is 5.02 Å². The van der Waals surface area contributed by atoms with E-state index in [1.165, 1.54) is 24.3 Å². The van der Waals surface area contributed by atoms with Gasteiger partial charge in [-0.3, -0.25) is 0 Å². The summed E-state index contributed by atoms with van der Waals surface area (Å²) in [7, 11) is 0. The fourth-order valence-corrected chi connectivity index (χ4v) is 1.52. The summed E-state index contributed by atoms with van der Waals surface area (Å²) in [5.41, 5.74) is -1.93. The van der Waals surface area contributed by atoms with Crippen LogP contribution in [0.3, 0.4) is 0 Å². The maximum absolute atomic E-state index is 13.5. The van der Waals surface area contributed by atoms with Gasteiger partial charge in [-0.15, -0.1) is 0 Å². The Kier molecular flexibility index (Phi) is 2.80. The molecule has 0 bridgehead atoms. The van der Waals surface area contributed by atoms with E-state index in [9.17, 15) is 4.39 Å². The molecule has 1 atom stereocenters.